The van der Waals surface area contributed by atoms with E-state index >= 15 is 0 Å². The second-order valence-corrected chi connectivity index (χ2v) is 9.73. The van der Waals surface area contributed by atoms with E-state index in [4.69, 9.17) is 21.4 Å². The Balaban J connectivity index is 1.81. The summed E-state index contributed by atoms with van der Waals surface area (Å²) in [5.41, 5.74) is 2.56. The number of benzene rings is 3. The fourth-order valence-electron chi connectivity index (χ4n) is 3.16. The Hall–Kier alpha value is -3.29. The third-order valence-electron chi connectivity index (χ3n) is 4.81. The first-order chi connectivity index (χ1) is 15.7. The van der Waals surface area contributed by atoms with E-state index in [0.29, 0.717) is 10.8 Å². The monoisotopic (exact) mass is 485 g/mol. The van der Waals surface area contributed by atoms with Crippen LogP contribution in [0.3, 0.4) is 0 Å². The van der Waals surface area contributed by atoms with Crippen LogP contribution in [0.2, 0.25) is 5.02 Å². The van der Waals surface area contributed by atoms with Crippen molar-refractivity contribution in [2.75, 3.05) is 4.72 Å². The molecule has 0 aliphatic rings. The molecule has 0 radical (unpaired) electrons. The number of rotatable bonds is 9. The minimum atomic E-state index is -3.85. The number of halogens is 1. The molecule has 0 unspecified atom stereocenters. The van der Waals surface area contributed by atoms with E-state index in [0.717, 1.165) is 22.8 Å². The van der Waals surface area contributed by atoms with Crippen molar-refractivity contribution in [3.05, 3.63) is 94.5 Å². The highest BCUT2D eigenvalue weighted by atomic mass is 35.5. The summed E-state index contributed by atoms with van der Waals surface area (Å²) in [5.74, 6) is -0.690. The molecule has 8 heteroatoms. The van der Waals surface area contributed by atoms with Crippen LogP contribution in [0.25, 0.3) is 6.08 Å². The Labute approximate surface area is 198 Å². The molecule has 0 heterocycles. The van der Waals surface area contributed by atoms with E-state index < -0.39 is 16.0 Å². The molecular weight excluding hydrogens is 462 g/mol. The van der Waals surface area contributed by atoms with Gasteiger partial charge in [-0.1, -0.05) is 67.9 Å². The average molecular weight is 486 g/mol. The maximum absolute atomic E-state index is 13.1. The van der Waals surface area contributed by atoms with Gasteiger partial charge in [-0.05, 0) is 46.9 Å². The minimum Gasteiger partial charge on any atom is -0.487 e. The van der Waals surface area contributed by atoms with Gasteiger partial charge in [-0.3, -0.25) is 4.72 Å². The molecule has 3 aromatic rings. The number of carboxylic acids is 1. The van der Waals surface area contributed by atoms with Crippen molar-refractivity contribution in [3.63, 3.8) is 0 Å². The van der Waals surface area contributed by atoms with Crippen molar-refractivity contribution < 1.29 is 23.1 Å². The summed E-state index contributed by atoms with van der Waals surface area (Å²) in [5, 5.41) is 9.12. The van der Waals surface area contributed by atoms with Crippen molar-refractivity contribution >= 4 is 39.4 Å². The van der Waals surface area contributed by atoms with E-state index in [9.17, 15) is 13.2 Å². The van der Waals surface area contributed by atoms with Gasteiger partial charge in [0.25, 0.3) is 10.0 Å². The molecule has 0 atom stereocenters. The van der Waals surface area contributed by atoms with Crippen molar-refractivity contribution in [1.82, 2.24) is 0 Å². The Morgan fingerprint density at radius 2 is 1.79 bits per heavy atom. The zero-order chi connectivity index (χ0) is 24.0. The van der Waals surface area contributed by atoms with E-state index in [1.165, 1.54) is 6.08 Å². The highest BCUT2D eigenvalue weighted by Crippen LogP contribution is 2.32. The molecule has 0 saturated heterocycles. The normalized spacial score (nSPS) is 11.6. The smallest absolute Gasteiger partial charge is 0.328 e. The van der Waals surface area contributed by atoms with Gasteiger partial charge in [0.15, 0.2) is 0 Å². The molecule has 2 N–H and O–H groups in total. The molecule has 0 aliphatic carbocycles. The number of anilines is 1. The zero-order valence-corrected chi connectivity index (χ0v) is 19.7. The van der Waals surface area contributed by atoms with Crippen LogP contribution in [0.1, 0.15) is 36.5 Å². The Kier molecular flexibility index (Phi) is 7.79. The van der Waals surface area contributed by atoms with Gasteiger partial charge in [0.2, 0.25) is 0 Å². The van der Waals surface area contributed by atoms with Crippen molar-refractivity contribution in [1.29, 1.82) is 0 Å². The molecule has 0 amide bonds. The molecule has 3 rings (SSSR count). The zero-order valence-electron chi connectivity index (χ0n) is 18.2. The van der Waals surface area contributed by atoms with Gasteiger partial charge in [0.05, 0.1) is 10.6 Å². The second-order valence-electron chi connectivity index (χ2n) is 7.64. The minimum absolute atomic E-state index is 0.0343. The molecule has 6 nitrogen and oxygen atoms in total. The number of carbonyl (C=O) groups is 1. The summed E-state index contributed by atoms with van der Waals surface area (Å²) in [6.45, 7) is 4.04. The van der Waals surface area contributed by atoms with Gasteiger partial charge < -0.3 is 9.84 Å². The fraction of sp³-hybridized carbons (Fsp3) is 0.160. The molecule has 0 fully saturated rings. The molecule has 172 valence electrons. The lowest BCUT2D eigenvalue weighted by atomic mass is 10.0. The lowest BCUT2D eigenvalue weighted by Crippen LogP contribution is -2.16. The largest absolute Gasteiger partial charge is 0.487 e. The highest BCUT2D eigenvalue weighted by Gasteiger charge is 2.21. The SMILES string of the molecule is CC(C)c1ccccc1S(=O)(=O)Nc1ccc(Cl)cc1OCc1ccc(/C=C/C(=O)O)cc1. The van der Waals surface area contributed by atoms with Crippen LogP contribution >= 0.6 is 11.6 Å². The van der Waals surface area contributed by atoms with Gasteiger partial charge in [-0.2, -0.15) is 0 Å². The number of hydrogen-bond acceptors (Lipinski definition) is 4. The Bertz CT molecular complexity index is 1270. The predicted octanol–water partition coefficient (Wildman–Crippen LogP) is 5.94. The maximum atomic E-state index is 13.1. The number of hydrogen-bond donors (Lipinski definition) is 2. The van der Waals surface area contributed by atoms with E-state index in [1.807, 2.05) is 19.9 Å². The van der Waals surface area contributed by atoms with Crippen LogP contribution in [-0.2, 0) is 21.4 Å². The lowest BCUT2D eigenvalue weighted by molar-refractivity contribution is -0.131. The van der Waals surface area contributed by atoms with Gasteiger partial charge in [-0.15, -0.1) is 0 Å². The van der Waals surface area contributed by atoms with E-state index in [2.05, 4.69) is 4.72 Å². The summed E-state index contributed by atoms with van der Waals surface area (Å²) in [6, 6.07) is 18.7. The summed E-state index contributed by atoms with van der Waals surface area (Å²) >= 11 is 6.12. The van der Waals surface area contributed by atoms with Crippen LogP contribution in [0.4, 0.5) is 5.69 Å². The van der Waals surface area contributed by atoms with Gasteiger partial charge in [-0.25, -0.2) is 13.2 Å². The standard InChI is InChI=1S/C25H24ClNO5S/c1-17(2)21-5-3-4-6-24(21)33(30,31)27-22-13-12-20(26)15-23(22)32-16-19-9-7-18(8-10-19)11-14-25(28)29/h3-15,17,27H,16H2,1-2H3,(H,28,29)/b14-11+. The first-order valence-corrected chi connectivity index (χ1v) is 12.1. The molecule has 0 bridgehead atoms. The van der Waals surface area contributed by atoms with Crippen molar-refractivity contribution in [2.24, 2.45) is 0 Å². The molecule has 0 saturated carbocycles. The molecular formula is C25H24ClNO5S. The maximum Gasteiger partial charge on any atom is 0.328 e. The number of carboxylic acid groups (broad SMARTS) is 1. The molecule has 0 aliphatic heterocycles. The van der Waals surface area contributed by atoms with E-state index in [1.54, 1.807) is 60.7 Å². The molecule has 0 spiro atoms. The van der Waals surface area contributed by atoms with Crippen molar-refractivity contribution in [3.8, 4) is 5.75 Å². The quantitative estimate of drug-likeness (QED) is 0.366. The highest BCUT2D eigenvalue weighted by molar-refractivity contribution is 7.92. The molecule has 0 aromatic heterocycles. The third kappa shape index (κ3) is 6.60. The van der Waals surface area contributed by atoms with Crippen LogP contribution < -0.4 is 9.46 Å². The van der Waals surface area contributed by atoms with Gasteiger partial charge in [0, 0.05) is 17.2 Å². The van der Waals surface area contributed by atoms with Crippen LogP contribution in [0, 0.1) is 0 Å². The summed E-state index contributed by atoms with van der Waals surface area (Å²) in [6.07, 6.45) is 2.55. The fourth-order valence-corrected chi connectivity index (χ4v) is 4.76. The Morgan fingerprint density at radius 3 is 2.45 bits per heavy atom. The van der Waals surface area contributed by atoms with Crippen LogP contribution in [-0.4, -0.2) is 19.5 Å². The van der Waals surface area contributed by atoms with Gasteiger partial charge in [0.1, 0.15) is 12.4 Å². The number of nitrogens with one attached hydrogen (secondary N) is 1. The second kappa shape index (κ2) is 10.6. The lowest BCUT2D eigenvalue weighted by Gasteiger charge is -2.17. The summed E-state index contributed by atoms with van der Waals surface area (Å²) in [7, 11) is -3.85. The topological polar surface area (TPSA) is 92.7 Å². The first kappa shape index (κ1) is 24.4. The van der Waals surface area contributed by atoms with Crippen LogP contribution in [0.5, 0.6) is 5.75 Å². The summed E-state index contributed by atoms with van der Waals surface area (Å²) in [4.78, 5) is 10.8. The first-order valence-electron chi connectivity index (χ1n) is 10.2. The number of aliphatic carboxylic acids is 1. The van der Waals surface area contributed by atoms with E-state index in [-0.39, 0.29) is 23.1 Å². The molecule has 33 heavy (non-hydrogen) atoms. The number of sulfonamides is 1. The molecule has 3 aromatic carbocycles. The third-order valence-corrected chi connectivity index (χ3v) is 6.49. The average Bonchev–Trinajstić information content (AvgIpc) is 2.78. The number of ether oxygens (including phenoxy) is 1. The van der Waals surface area contributed by atoms with Gasteiger partial charge >= 0.3 is 5.97 Å². The predicted molar refractivity (Wildman–Crippen MR) is 130 cm³/mol. The summed E-state index contributed by atoms with van der Waals surface area (Å²) < 4.78 is 34.8. The van der Waals surface area contributed by atoms with Crippen LogP contribution in [0.15, 0.2) is 77.7 Å². The van der Waals surface area contributed by atoms with Crippen molar-refractivity contribution in [2.45, 2.75) is 31.3 Å². The Morgan fingerprint density at radius 1 is 1.09 bits per heavy atom.